The van der Waals surface area contributed by atoms with Gasteiger partial charge in [0.25, 0.3) is 5.91 Å². The minimum absolute atomic E-state index is 0.650. The average molecular weight is 133 g/mol. The van der Waals surface area contributed by atoms with Gasteiger partial charge in [0.15, 0.2) is 0 Å². The van der Waals surface area contributed by atoms with Crippen molar-refractivity contribution < 1.29 is 14.4 Å². The molecule has 1 heterocycles. The highest BCUT2D eigenvalue weighted by Crippen LogP contribution is 1.99. The largest absolute Gasteiger partial charge is 0.366 e. The number of nitrogens with two attached hydrogens (primary N) is 2. The van der Waals surface area contributed by atoms with Gasteiger partial charge in [0.1, 0.15) is 0 Å². The first-order valence-electron chi connectivity index (χ1n) is 2.31. The molecule has 52 valence electrons. The summed E-state index contributed by atoms with van der Waals surface area (Å²) in [5, 5.41) is 0. The Morgan fingerprint density at radius 2 is 2.33 bits per heavy atom. The number of carbonyl (C=O) groups is 1. The average Bonchev–Trinajstić information content (AvgIpc) is 2.14. The van der Waals surface area contributed by atoms with Crippen molar-refractivity contribution in [3.63, 3.8) is 0 Å². The summed E-state index contributed by atoms with van der Waals surface area (Å²) in [7, 11) is 0. The first-order valence-corrected chi connectivity index (χ1v) is 2.31. The molecule has 0 saturated carbocycles. The van der Waals surface area contributed by atoms with Crippen LogP contribution in [0.5, 0.6) is 0 Å². The van der Waals surface area contributed by atoms with E-state index in [-0.39, 0.29) is 0 Å². The molecular formula is C3H7N3O3. The highest BCUT2D eigenvalue weighted by molar-refractivity contribution is 5.78. The van der Waals surface area contributed by atoms with Crippen LogP contribution in [0, 0.1) is 0 Å². The lowest BCUT2D eigenvalue weighted by Crippen LogP contribution is -2.37. The Labute approximate surface area is 51.0 Å². The Bertz CT molecular complexity index is 127. The summed E-state index contributed by atoms with van der Waals surface area (Å²) in [5.41, 5.74) is 12.0. The van der Waals surface area contributed by atoms with E-state index in [9.17, 15) is 4.79 Å². The summed E-state index contributed by atoms with van der Waals surface area (Å²) in [5.74, 6) is -0.650. The fourth-order valence-corrected chi connectivity index (χ4v) is 0.444. The lowest BCUT2D eigenvalue weighted by atomic mass is 10.6. The number of rotatable bonds is 1. The minimum Gasteiger partial charge on any atom is -0.366 e. The Morgan fingerprint density at radius 1 is 1.67 bits per heavy atom. The van der Waals surface area contributed by atoms with Gasteiger partial charge in [-0.2, -0.15) is 5.48 Å². The fourth-order valence-electron chi connectivity index (χ4n) is 0.444. The summed E-state index contributed by atoms with van der Waals surface area (Å²) in [6.07, 6.45) is -1.82. The van der Waals surface area contributed by atoms with E-state index in [0.717, 1.165) is 0 Å². The topological polar surface area (TPSA) is 99.6 Å². The molecule has 1 fully saturated rings. The molecule has 5 N–H and O–H groups in total. The van der Waals surface area contributed by atoms with Crippen molar-refractivity contribution in [1.82, 2.24) is 5.48 Å². The Hall–Kier alpha value is -0.690. The van der Waals surface area contributed by atoms with Crippen molar-refractivity contribution >= 4 is 5.91 Å². The van der Waals surface area contributed by atoms with E-state index < -0.39 is 18.5 Å². The van der Waals surface area contributed by atoms with Gasteiger partial charge in [-0.25, -0.2) is 0 Å². The number of hydroxylamine groups is 1. The summed E-state index contributed by atoms with van der Waals surface area (Å²) in [4.78, 5) is 14.7. The third kappa shape index (κ3) is 1.36. The van der Waals surface area contributed by atoms with Gasteiger partial charge in [0.05, 0.1) is 0 Å². The van der Waals surface area contributed by atoms with Crippen LogP contribution in [-0.4, -0.2) is 18.5 Å². The molecule has 1 aliphatic heterocycles. The van der Waals surface area contributed by atoms with E-state index in [4.69, 9.17) is 11.5 Å². The third-order valence-electron chi connectivity index (χ3n) is 0.820. The van der Waals surface area contributed by atoms with Crippen molar-refractivity contribution in [3.8, 4) is 0 Å². The standard InChI is InChI=1S/C3H7N3O3/c4-1(7)2-6-9-3(5)8-2/h2-3,6H,5H2,(H2,4,7). The summed E-state index contributed by atoms with van der Waals surface area (Å²) in [6, 6.07) is 0. The lowest BCUT2D eigenvalue weighted by molar-refractivity contribution is -0.130. The lowest BCUT2D eigenvalue weighted by Gasteiger charge is -1.99. The van der Waals surface area contributed by atoms with E-state index in [0.29, 0.717) is 0 Å². The van der Waals surface area contributed by atoms with E-state index in [1.54, 1.807) is 0 Å². The maximum Gasteiger partial charge on any atom is 0.263 e. The van der Waals surface area contributed by atoms with E-state index in [1.807, 2.05) is 0 Å². The zero-order valence-electron chi connectivity index (χ0n) is 4.53. The van der Waals surface area contributed by atoms with Gasteiger partial charge in [-0.3, -0.25) is 15.4 Å². The molecule has 1 saturated heterocycles. The van der Waals surface area contributed by atoms with E-state index >= 15 is 0 Å². The number of nitrogens with one attached hydrogen (secondary N) is 1. The van der Waals surface area contributed by atoms with Gasteiger partial charge in [0, 0.05) is 0 Å². The molecule has 2 atom stereocenters. The van der Waals surface area contributed by atoms with Gasteiger partial charge in [0.2, 0.25) is 12.6 Å². The molecule has 6 nitrogen and oxygen atoms in total. The molecule has 0 bridgehead atoms. The van der Waals surface area contributed by atoms with Crippen LogP contribution >= 0.6 is 0 Å². The Balaban J connectivity index is 2.39. The van der Waals surface area contributed by atoms with Crippen LogP contribution in [0.2, 0.25) is 0 Å². The molecule has 2 unspecified atom stereocenters. The molecule has 0 radical (unpaired) electrons. The number of primary amides is 1. The van der Waals surface area contributed by atoms with Crippen molar-refractivity contribution in [1.29, 1.82) is 0 Å². The normalized spacial score (nSPS) is 34.8. The van der Waals surface area contributed by atoms with Gasteiger partial charge >= 0.3 is 0 Å². The maximum absolute atomic E-state index is 10.2. The number of carbonyl (C=O) groups excluding carboxylic acids is 1. The molecular weight excluding hydrogens is 126 g/mol. The second kappa shape index (κ2) is 2.28. The predicted octanol–water partition coefficient (Wildman–Crippen LogP) is -2.41. The molecule has 9 heavy (non-hydrogen) atoms. The second-order valence-corrected chi connectivity index (χ2v) is 1.52. The smallest absolute Gasteiger partial charge is 0.263 e. The highest BCUT2D eigenvalue weighted by Gasteiger charge is 2.26. The molecule has 0 aromatic rings. The monoisotopic (exact) mass is 133 g/mol. The third-order valence-corrected chi connectivity index (χ3v) is 0.820. The summed E-state index contributed by atoms with van der Waals surface area (Å²) < 4.78 is 4.59. The van der Waals surface area contributed by atoms with Crippen LogP contribution in [0.25, 0.3) is 0 Å². The van der Waals surface area contributed by atoms with Gasteiger partial charge in [-0.15, -0.1) is 0 Å². The Morgan fingerprint density at radius 3 is 2.56 bits per heavy atom. The zero-order valence-corrected chi connectivity index (χ0v) is 4.53. The van der Waals surface area contributed by atoms with Crippen LogP contribution in [0.1, 0.15) is 0 Å². The number of ether oxygens (including phenoxy) is 1. The number of amides is 1. The number of hydrogen-bond donors (Lipinski definition) is 3. The van der Waals surface area contributed by atoms with Gasteiger partial charge in [-0.1, -0.05) is 0 Å². The SMILES string of the molecule is NC(=O)C1NOC(N)O1. The highest BCUT2D eigenvalue weighted by atomic mass is 16.8. The van der Waals surface area contributed by atoms with Crippen LogP contribution in [0.3, 0.4) is 0 Å². The van der Waals surface area contributed by atoms with Crippen LogP contribution in [0.4, 0.5) is 0 Å². The molecule has 0 aliphatic carbocycles. The summed E-state index contributed by atoms with van der Waals surface area (Å²) in [6.45, 7) is 0. The fraction of sp³-hybridized carbons (Fsp3) is 0.667. The Kier molecular flexibility index (Phi) is 1.63. The van der Waals surface area contributed by atoms with Crippen molar-refractivity contribution in [2.24, 2.45) is 11.5 Å². The van der Waals surface area contributed by atoms with Gasteiger partial charge < -0.3 is 10.5 Å². The molecule has 0 spiro atoms. The van der Waals surface area contributed by atoms with Crippen LogP contribution in [-0.2, 0) is 14.4 Å². The maximum atomic E-state index is 10.2. The molecule has 0 aromatic carbocycles. The quantitative estimate of drug-likeness (QED) is 0.370. The minimum atomic E-state index is -0.917. The van der Waals surface area contributed by atoms with Crippen molar-refractivity contribution in [2.45, 2.75) is 12.6 Å². The van der Waals surface area contributed by atoms with Crippen LogP contribution < -0.4 is 16.9 Å². The second-order valence-electron chi connectivity index (χ2n) is 1.52. The first kappa shape index (κ1) is 6.43. The zero-order chi connectivity index (χ0) is 6.85. The molecule has 1 rings (SSSR count). The predicted molar refractivity (Wildman–Crippen MR) is 26.3 cm³/mol. The molecule has 1 aliphatic rings. The van der Waals surface area contributed by atoms with Crippen LogP contribution in [0.15, 0.2) is 0 Å². The molecule has 0 aromatic heterocycles. The van der Waals surface area contributed by atoms with Crippen molar-refractivity contribution in [2.75, 3.05) is 0 Å². The molecule has 1 amide bonds. The van der Waals surface area contributed by atoms with Crippen molar-refractivity contribution in [3.05, 3.63) is 0 Å². The van der Waals surface area contributed by atoms with E-state index in [2.05, 4.69) is 15.1 Å². The summed E-state index contributed by atoms with van der Waals surface area (Å²) >= 11 is 0. The van der Waals surface area contributed by atoms with Gasteiger partial charge in [-0.05, 0) is 0 Å². The number of hydrogen-bond acceptors (Lipinski definition) is 5. The first-order chi connectivity index (χ1) is 4.20. The molecule has 6 heteroatoms. The van der Waals surface area contributed by atoms with E-state index in [1.165, 1.54) is 0 Å².